The van der Waals surface area contributed by atoms with E-state index in [1.807, 2.05) is 18.2 Å². The minimum absolute atomic E-state index is 0.0964. The number of benzene rings is 1. The van der Waals surface area contributed by atoms with Gasteiger partial charge in [-0.15, -0.1) is 0 Å². The number of piperidine rings is 1. The molecule has 3 rings (SSSR count). The topological polar surface area (TPSA) is 136 Å². The maximum atomic E-state index is 12.9. The predicted octanol–water partition coefficient (Wildman–Crippen LogP) is 1.66. The van der Waals surface area contributed by atoms with Crippen molar-refractivity contribution in [2.75, 3.05) is 52.9 Å². The van der Waals surface area contributed by atoms with Crippen molar-refractivity contribution < 1.29 is 38.1 Å². The van der Waals surface area contributed by atoms with Gasteiger partial charge in [-0.1, -0.05) is 6.07 Å². The largest absolute Gasteiger partial charge is 0.458 e. The van der Waals surface area contributed by atoms with Crippen molar-refractivity contribution >= 4 is 28.8 Å². The maximum absolute atomic E-state index is 12.9. The summed E-state index contributed by atoms with van der Waals surface area (Å²) in [6.07, 6.45) is 2.11. The van der Waals surface area contributed by atoms with Gasteiger partial charge in [0.2, 0.25) is 11.8 Å². The normalized spacial score (nSPS) is 15.9. The van der Waals surface area contributed by atoms with Gasteiger partial charge in [0.25, 0.3) is 0 Å². The molecule has 0 bridgehead atoms. The van der Waals surface area contributed by atoms with Gasteiger partial charge in [-0.2, -0.15) is 0 Å². The number of hydrogen-bond acceptors (Lipinski definition) is 9. The van der Waals surface area contributed by atoms with Crippen LogP contribution in [0.1, 0.15) is 51.6 Å². The number of hydrogen-bond donors (Lipinski definition) is 1. The molecule has 0 spiro atoms. The predicted molar refractivity (Wildman–Crippen MR) is 146 cm³/mol. The summed E-state index contributed by atoms with van der Waals surface area (Å²) in [6.45, 7) is 8.35. The highest BCUT2D eigenvalue weighted by atomic mass is 16.6. The number of rotatable bonds is 16. The standard InChI is InChI=1S/C28H41N3O9/c1-28(2,3)40-25(33)19-39-17-16-38-15-14-37-13-12-36-11-5-6-20-7-8-21-23(18-20)30(4)27(35)31(21)22-9-10-24(32)29-26(22)34/h7-8,18,22H,5-6,9-17,19H2,1-4H3,(H,29,32,34). The quantitative estimate of drug-likeness (QED) is 0.184. The summed E-state index contributed by atoms with van der Waals surface area (Å²) in [5.41, 5.74) is 1.69. The third kappa shape index (κ3) is 9.54. The Kier molecular flexibility index (Phi) is 11.9. The molecule has 1 saturated heterocycles. The summed E-state index contributed by atoms with van der Waals surface area (Å²) in [6, 6.07) is 5.09. The third-order valence-electron chi connectivity index (χ3n) is 6.19. The van der Waals surface area contributed by atoms with Crippen LogP contribution < -0.4 is 11.0 Å². The molecule has 1 aliphatic rings. The second-order valence-corrected chi connectivity index (χ2v) is 10.6. The fraction of sp³-hybridized carbons (Fsp3) is 0.643. The van der Waals surface area contributed by atoms with Crippen LogP contribution in [0.25, 0.3) is 11.0 Å². The molecular weight excluding hydrogens is 522 g/mol. The van der Waals surface area contributed by atoms with Crippen LogP contribution in [-0.4, -0.2) is 85.4 Å². The molecule has 0 aliphatic carbocycles. The monoisotopic (exact) mass is 563 g/mol. The molecule has 2 amide bonds. The van der Waals surface area contributed by atoms with Crippen molar-refractivity contribution in [3.05, 3.63) is 34.2 Å². The number of imide groups is 1. The second kappa shape index (κ2) is 15.1. The van der Waals surface area contributed by atoms with Crippen LogP contribution in [0.2, 0.25) is 0 Å². The lowest BCUT2D eigenvalue weighted by Crippen LogP contribution is -2.44. The first-order chi connectivity index (χ1) is 19.1. The summed E-state index contributed by atoms with van der Waals surface area (Å²) >= 11 is 0. The Morgan fingerprint density at radius 2 is 1.55 bits per heavy atom. The fourth-order valence-corrected chi connectivity index (χ4v) is 4.36. The Bertz CT molecular complexity index is 1210. The van der Waals surface area contributed by atoms with Crippen LogP contribution in [0.5, 0.6) is 0 Å². The Labute approximate surface area is 233 Å². The third-order valence-corrected chi connectivity index (χ3v) is 6.19. The van der Waals surface area contributed by atoms with E-state index in [0.29, 0.717) is 58.2 Å². The smallest absolute Gasteiger partial charge is 0.332 e. The highest BCUT2D eigenvalue weighted by Gasteiger charge is 2.31. The van der Waals surface area contributed by atoms with Gasteiger partial charge in [-0.05, 0) is 57.7 Å². The summed E-state index contributed by atoms with van der Waals surface area (Å²) < 4.78 is 29.9. The van der Waals surface area contributed by atoms with E-state index < -0.39 is 23.5 Å². The van der Waals surface area contributed by atoms with Crippen molar-refractivity contribution in [3.63, 3.8) is 0 Å². The number of carbonyl (C=O) groups excluding carboxylic acids is 3. The number of nitrogens with one attached hydrogen (secondary N) is 1. The molecular formula is C28H41N3O9. The summed E-state index contributed by atoms with van der Waals surface area (Å²) in [4.78, 5) is 48.2. The van der Waals surface area contributed by atoms with E-state index in [1.165, 1.54) is 9.13 Å². The number of amides is 2. The summed E-state index contributed by atoms with van der Waals surface area (Å²) in [5, 5.41) is 2.32. The summed E-state index contributed by atoms with van der Waals surface area (Å²) in [7, 11) is 1.69. The maximum Gasteiger partial charge on any atom is 0.332 e. The van der Waals surface area contributed by atoms with E-state index in [0.717, 1.165) is 23.9 Å². The molecule has 12 heteroatoms. The minimum Gasteiger partial charge on any atom is -0.458 e. The molecule has 1 aliphatic heterocycles. The second-order valence-electron chi connectivity index (χ2n) is 10.6. The lowest BCUT2D eigenvalue weighted by Gasteiger charge is -2.21. The molecule has 1 aromatic carbocycles. The van der Waals surface area contributed by atoms with Gasteiger partial charge in [0, 0.05) is 20.1 Å². The molecule has 1 atom stereocenters. The van der Waals surface area contributed by atoms with E-state index in [9.17, 15) is 19.2 Å². The van der Waals surface area contributed by atoms with Gasteiger partial charge in [-0.3, -0.25) is 24.0 Å². The van der Waals surface area contributed by atoms with Gasteiger partial charge in [0.15, 0.2) is 0 Å². The minimum atomic E-state index is -0.688. The number of nitrogens with zero attached hydrogens (tertiary/aromatic N) is 2. The first-order valence-electron chi connectivity index (χ1n) is 13.6. The zero-order valence-corrected chi connectivity index (χ0v) is 23.9. The van der Waals surface area contributed by atoms with Crippen LogP contribution in [0.15, 0.2) is 23.0 Å². The number of aromatic nitrogens is 2. The molecule has 1 aromatic heterocycles. The van der Waals surface area contributed by atoms with Crippen molar-refractivity contribution in [3.8, 4) is 0 Å². The molecule has 1 fully saturated rings. The lowest BCUT2D eigenvalue weighted by atomic mass is 10.1. The van der Waals surface area contributed by atoms with Gasteiger partial charge >= 0.3 is 11.7 Å². The molecule has 2 aromatic rings. The van der Waals surface area contributed by atoms with Gasteiger partial charge in [0.1, 0.15) is 18.2 Å². The van der Waals surface area contributed by atoms with Crippen LogP contribution in [0.4, 0.5) is 0 Å². The zero-order valence-electron chi connectivity index (χ0n) is 23.9. The molecule has 12 nitrogen and oxygen atoms in total. The first-order valence-corrected chi connectivity index (χ1v) is 13.6. The number of carbonyl (C=O) groups is 3. The van der Waals surface area contributed by atoms with Crippen molar-refractivity contribution in [1.29, 1.82) is 0 Å². The molecule has 1 unspecified atom stereocenters. The number of fused-ring (bicyclic) bond motifs is 1. The Hall–Kier alpha value is -3.06. The van der Waals surface area contributed by atoms with E-state index in [4.69, 9.17) is 23.7 Å². The van der Waals surface area contributed by atoms with Gasteiger partial charge in [-0.25, -0.2) is 9.59 Å². The molecule has 0 radical (unpaired) electrons. The molecule has 40 heavy (non-hydrogen) atoms. The lowest BCUT2D eigenvalue weighted by molar-refractivity contribution is -0.160. The average Bonchev–Trinajstić information content (AvgIpc) is 3.12. The van der Waals surface area contributed by atoms with Crippen molar-refractivity contribution in [2.24, 2.45) is 7.05 Å². The van der Waals surface area contributed by atoms with E-state index in [-0.39, 0.29) is 24.6 Å². The van der Waals surface area contributed by atoms with Crippen LogP contribution in [-0.2, 0) is 51.5 Å². The Morgan fingerprint density at radius 3 is 2.17 bits per heavy atom. The Balaban J connectivity index is 1.26. The number of ether oxygens (including phenoxy) is 5. The van der Waals surface area contributed by atoms with E-state index in [1.54, 1.807) is 27.8 Å². The van der Waals surface area contributed by atoms with E-state index in [2.05, 4.69) is 5.32 Å². The molecule has 2 heterocycles. The van der Waals surface area contributed by atoms with Gasteiger partial charge < -0.3 is 23.7 Å². The van der Waals surface area contributed by atoms with Crippen molar-refractivity contribution in [1.82, 2.24) is 14.5 Å². The molecule has 1 N–H and O–H groups in total. The Morgan fingerprint density at radius 1 is 0.925 bits per heavy atom. The van der Waals surface area contributed by atoms with Crippen molar-refractivity contribution in [2.45, 2.75) is 58.1 Å². The molecule has 0 saturated carbocycles. The number of imidazole rings is 1. The van der Waals surface area contributed by atoms with Gasteiger partial charge in [0.05, 0.1) is 50.7 Å². The average molecular weight is 564 g/mol. The number of esters is 1. The molecule has 222 valence electrons. The highest BCUT2D eigenvalue weighted by molar-refractivity contribution is 6.00. The first kappa shape index (κ1) is 31.5. The van der Waals surface area contributed by atoms with Crippen LogP contribution in [0.3, 0.4) is 0 Å². The fourth-order valence-electron chi connectivity index (χ4n) is 4.36. The van der Waals surface area contributed by atoms with Crippen LogP contribution >= 0.6 is 0 Å². The van der Waals surface area contributed by atoms with Crippen LogP contribution in [0, 0.1) is 0 Å². The highest BCUT2D eigenvalue weighted by Crippen LogP contribution is 2.24. The zero-order chi connectivity index (χ0) is 29.1. The SMILES string of the molecule is Cn1c(=O)n(C2CCC(=O)NC2=O)c2ccc(CCCOCCOCCOCCOCC(=O)OC(C)(C)C)cc21. The van der Waals surface area contributed by atoms with E-state index >= 15 is 0 Å². The summed E-state index contributed by atoms with van der Waals surface area (Å²) in [5.74, 6) is -1.15. The number of aryl methyl sites for hydroxylation is 2.